The van der Waals surface area contributed by atoms with Crippen LogP contribution in [0.15, 0.2) is 56.9 Å². The third kappa shape index (κ3) is 3.21. The van der Waals surface area contributed by atoms with Crippen LogP contribution in [0.5, 0.6) is 0 Å². The van der Waals surface area contributed by atoms with Gasteiger partial charge in [0.05, 0.1) is 22.3 Å². The Morgan fingerprint density at radius 3 is 2.71 bits per heavy atom. The second kappa shape index (κ2) is 7.66. The largest absolute Gasteiger partial charge is 0.338 e. The maximum absolute atomic E-state index is 13.5. The normalized spacial score (nSPS) is 11.6. The first kappa shape index (κ1) is 19.5. The third-order valence-electron chi connectivity index (χ3n) is 5.36. The number of para-hydroxylation sites is 1. The van der Waals surface area contributed by atoms with Gasteiger partial charge < -0.3 is 4.52 Å². The van der Waals surface area contributed by atoms with E-state index in [1.807, 2.05) is 67.6 Å². The van der Waals surface area contributed by atoms with E-state index in [1.54, 1.807) is 4.57 Å². The van der Waals surface area contributed by atoms with Gasteiger partial charge in [-0.3, -0.25) is 9.20 Å². The summed E-state index contributed by atoms with van der Waals surface area (Å²) >= 11 is 1.44. The van der Waals surface area contributed by atoms with Gasteiger partial charge in [0.2, 0.25) is 11.7 Å². The molecule has 0 aliphatic rings. The number of thioether (sulfide) groups is 1. The highest BCUT2D eigenvalue weighted by atomic mass is 32.2. The first-order chi connectivity index (χ1) is 15.1. The molecule has 3 heterocycles. The van der Waals surface area contributed by atoms with Gasteiger partial charge in [-0.15, -0.1) is 10.2 Å². The number of aromatic nitrogens is 6. The van der Waals surface area contributed by atoms with Crippen LogP contribution < -0.4 is 5.56 Å². The molecule has 0 fully saturated rings. The highest BCUT2D eigenvalue weighted by molar-refractivity contribution is 7.98. The van der Waals surface area contributed by atoms with Gasteiger partial charge in [0, 0.05) is 6.42 Å². The summed E-state index contributed by atoms with van der Waals surface area (Å²) in [4.78, 5) is 17.8. The lowest BCUT2D eigenvalue weighted by Crippen LogP contribution is -2.22. The van der Waals surface area contributed by atoms with Gasteiger partial charge in [-0.05, 0) is 43.2 Å². The van der Waals surface area contributed by atoms with Crippen molar-refractivity contribution < 1.29 is 4.52 Å². The second-order valence-electron chi connectivity index (χ2n) is 7.24. The van der Waals surface area contributed by atoms with E-state index in [4.69, 9.17) is 4.52 Å². The molecule has 0 amide bonds. The maximum atomic E-state index is 13.5. The highest BCUT2D eigenvalue weighted by Crippen LogP contribution is 2.26. The average molecular weight is 433 g/mol. The molecule has 0 atom stereocenters. The van der Waals surface area contributed by atoms with Gasteiger partial charge >= 0.3 is 0 Å². The van der Waals surface area contributed by atoms with E-state index in [2.05, 4.69) is 20.3 Å². The molecule has 9 heteroatoms. The van der Waals surface area contributed by atoms with Crippen LogP contribution in [-0.4, -0.2) is 29.3 Å². The summed E-state index contributed by atoms with van der Waals surface area (Å²) in [6, 6.07) is 13.4. The number of aryl methyl sites for hydroxylation is 2. The quantitative estimate of drug-likeness (QED) is 0.389. The smallest absolute Gasteiger partial charge is 0.267 e. The van der Waals surface area contributed by atoms with Crippen LogP contribution in [0.1, 0.15) is 29.8 Å². The SMILES string of the molecule is CCc1noc(CSc2nnc3n(-c4cccc(C)c4C)c(=O)c4ccccc4n23)n1. The molecule has 0 radical (unpaired) electrons. The van der Waals surface area contributed by atoms with Crippen LogP contribution in [0.25, 0.3) is 22.4 Å². The fourth-order valence-corrected chi connectivity index (χ4v) is 4.36. The Morgan fingerprint density at radius 1 is 1.06 bits per heavy atom. The van der Waals surface area contributed by atoms with E-state index < -0.39 is 0 Å². The summed E-state index contributed by atoms with van der Waals surface area (Å²) in [5.74, 6) is 2.14. The minimum atomic E-state index is -0.120. The lowest BCUT2D eigenvalue weighted by molar-refractivity contribution is 0.385. The molecule has 5 aromatic rings. The maximum Gasteiger partial charge on any atom is 0.267 e. The van der Waals surface area contributed by atoms with E-state index in [0.717, 1.165) is 28.8 Å². The molecule has 0 bridgehead atoms. The topological polar surface area (TPSA) is 91.1 Å². The molecule has 31 heavy (non-hydrogen) atoms. The van der Waals surface area contributed by atoms with Gasteiger partial charge in [0.1, 0.15) is 0 Å². The van der Waals surface area contributed by atoms with E-state index in [9.17, 15) is 4.79 Å². The van der Waals surface area contributed by atoms with Gasteiger partial charge in [-0.25, -0.2) is 4.57 Å². The molecule has 0 spiro atoms. The van der Waals surface area contributed by atoms with Crippen molar-refractivity contribution in [1.82, 2.24) is 29.3 Å². The van der Waals surface area contributed by atoms with E-state index in [-0.39, 0.29) is 5.56 Å². The molecular formula is C22H20N6O2S. The van der Waals surface area contributed by atoms with Crippen molar-refractivity contribution in [2.24, 2.45) is 0 Å². The van der Waals surface area contributed by atoms with Crippen LogP contribution in [0.2, 0.25) is 0 Å². The first-order valence-electron chi connectivity index (χ1n) is 9.98. The molecule has 0 unspecified atom stereocenters. The highest BCUT2D eigenvalue weighted by Gasteiger charge is 2.19. The zero-order chi connectivity index (χ0) is 21.5. The van der Waals surface area contributed by atoms with Gasteiger partial charge in [0.25, 0.3) is 5.56 Å². The number of rotatable bonds is 5. The minimum Gasteiger partial charge on any atom is -0.338 e. The zero-order valence-corrected chi connectivity index (χ0v) is 18.2. The van der Waals surface area contributed by atoms with Gasteiger partial charge in [-0.2, -0.15) is 4.98 Å². The fourth-order valence-electron chi connectivity index (χ4n) is 3.59. The van der Waals surface area contributed by atoms with E-state index in [0.29, 0.717) is 33.8 Å². The van der Waals surface area contributed by atoms with Crippen LogP contribution in [-0.2, 0) is 12.2 Å². The summed E-state index contributed by atoms with van der Waals surface area (Å²) in [5, 5.41) is 14.0. The molecule has 5 rings (SSSR count). The van der Waals surface area contributed by atoms with Crippen LogP contribution >= 0.6 is 11.8 Å². The molecule has 0 aliphatic heterocycles. The summed E-state index contributed by atoms with van der Waals surface area (Å²) in [7, 11) is 0. The molecular weight excluding hydrogens is 412 g/mol. The number of nitrogens with zero attached hydrogens (tertiary/aromatic N) is 6. The third-order valence-corrected chi connectivity index (χ3v) is 6.28. The lowest BCUT2D eigenvalue weighted by atomic mass is 10.1. The van der Waals surface area contributed by atoms with Crippen molar-refractivity contribution in [3.63, 3.8) is 0 Å². The predicted molar refractivity (Wildman–Crippen MR) is 119 cm³/mol. The summed E-state index contributed by atoms with van der Waals surface area (Å²) in [6.45, 7) is 6.02. The molecule has 156 valence electrons. The predicted octanol–water partition coefficient (Wildman–Crippen LogP) is 3.89. The van der Waals surface area contributed by atoms with Crippen molar-refractivity contribution in [3.8, 4) is 5.69 Å². The number of fused-ring (bicyclic) bond motifs is 3. The molecule has 0 saturated heterocycles. The van der Waals surface area contributed by atoms with Gasteiger partial charge in [0.15, 0.2) is 11.0 Å². The first-order valence-corrected chi connectivity index (χ1v) is 11.0. The minimum absolute atomic E-state index is 0.120. The summed E-state index contributed by atoms with van der Waals surface area (Å²) < 4.78 is 8.86. The van der Waals surface area contributed by atoms with Crippen molar-refractivity contribution in [2.45, 2.75) is 38.1 Å². The molecule has 0 N–H and O–H groups in total. The molecule has 0 saturated carbocycles. The van der Waals surface area contributed by atoms with Gasteiger partial charge in [-0.1, -0.05) is 48.1 Å². The Kier molecular flexibility index (Phi) is 4.82. The Hall–Kier alpha value is -3.46. The molecule has 8 nitrogen and oxygen atoms in total. The average Bonchev–Trinajstić information content (AvgIpc) is 3.42. The van der Waals surface area contributed by atoms with Crippen LogP contribution in [0.4, 0.5) is 0 Å². The monoisotopic (exact) mass is 432 g/mol. The molecule has 3 aromatic heterocycles. The van der Waals surface area contributed by atoms with Crippen LogP contribution in [0.3, 0.4) is 0 Å². The Bertz CT molecular complexity index is 1480. The van der Waals surface area contributed by atoms with E-state index >= 15 is 0 Å². The Labute approximate surface area is 181 Å². The lowest BCUT2D eigenvalue weighted by Gasteiger charge is -2.14. The standard InChI is InChI=1S/C22H20N6O2S/c1-4-18-23-19(30-26-18)12-31-22-25-24-21-27(16-11-7-8-13(2)14(16)3)20(29)15-9-5-6-10-17(15)28(21)22/h5-11H,4,12H2,1-3H3. The zero-order valence-electron chi connectivity index (χ0n) is 17.4. The van der Waals surface area contributed by atoms with Crippen molar-refractivity contribution in [2.75, 3.05) is 0 Å². The molecule has 0 aliphatic carbocycles. The van der Waals surface area contributed by atoms with Crippen molar-refractivity contribution >= 4 is 28.4 Å². The summed E-state index contributed by atoms with van der Waals surface area (Å²) in [6.07, 6.45) is 0.717. The number of hydrogen-bond donors (Lipinski definition) is 0. The van der Waals surface area contributed by atoms with Crippen molar-refractivity contribution in [3.05, 3.63) is 75.7 Å². The molecule has 2 aromatic carbocycles. The summed E-state index contributed by atoms with van der Waals surface area (Å²) in [5.41, 5.74) is 3.57. The van der Waals surface area contributed by atoms with Crippen LogP contribution in [0, 0.1) is 13.8 Å². The second-order valence-corrected chi connectivity index (χ2v) is 8.18. The Morgan fingerprint density at radius 2 is 1.90 bits per heavy atom. The van der Waals surface area contributed by atoms with E-state index in [1.165, 1.54) is 11.8 Å². The Balaban J connectivity index is 1.72. The number of hydrogen-bond acceptors (Lipinski definition) is 7. The fraction of sp³-hybridized carbons (Fsp3) is 0.227. The van der Waals surface area contributed by atoms with Crippen molar-refractivity contribution in [1.29, 1.82) is 0 Å². The number of benzene rings is 2.